The average molecular weight is 338 g/mol. The molecule has 4 heteroatoms. The molecule has 0 N–H and O–H groups in total. The van der Waals surface area contributed by atoms with Gasteiger partial charge in [0.2, 0.25) is 11.8 Å². The molecule has 1 aliphatic carbocycles. The van der Waals surface area contributed by atoms with Gasteiger partial charge in [-0.1, -0.05) is 25.1 Å². The zero-order chi connectivity index (χ0) is 17.2. The van der Waals surface area contributed by atoms with E-state index in [4.69, 9.17) is 0 Å². The highest BCUT2D eigenvalue weighted by Gasteiger charge is 2.69. The van der Waals surface area contributed by atoms with Crippen molar-refractivity contribution in [1.29, 1.82) is 0 Å². The van der Waals surface area contributed by atoms with E-state index in [0.29, 0.717) is 0 Å². The van der Waals surface area contributed by atoms with Gasteiger partial charge in [0.25, 0.3) is 0 Å². The third-order valence-corrected chi connectivity index (χ3v) is 7.37. The lowest BCUT2D eigenvalue weighted by Crippen LogP contribution is -2.54. The minimum absolute atomic E-state index is 0.0496. The molecule has 0 aromatic heterocycles. The molecule has 1 aromatic carbocycles. The van der Waals surface area contributed by atoms with Crippen LogP contribution < -0.4 is 4.90 Å². The Hall–Kier alpha value is -1.68. The molecule has 1 aromatic rings. The average Bonchev–Trinajstić information content (AvgIpc) is 3.26. The predicted molar refractivity (Wildman–Crippen MR) is 96.0 cm³/mol. The maximum atomic E-state index is 13.5. The quantitative estimate of drug-likeness (QED) is 0.738. The molecule has 3 atom stereocenters. The molecule has 0 unspecified atom stereocenters. The van der Waals surface area contributed by atoms with Gasteiger partial charge in [0.05, 0.1) is 17.5 Å². The Morgan fingerprint density at radius 1 is 1.00 bits per heavy atom. The fraction of sp³-hybridized carbons (Fsp3) is 0.619. The molecular formula is C21H26N2O2. The van der Waals surface area contributed by atoms with Crippen LogP contribution in [0.1, 0.15) is 45.4 Å². The normalized spacial score (nSPS) is 40.8. The number of hydrogen-bond donors (Lipinski definition) is 0. The molecule has 3 heterocycles. The molecule has 3 saturated heterocycles. The summed E-state index contributed by atoms with van der Waals surface area (Å²) in [7, 11) is 0. The number of carbonyl (C=O) groups is 2. The van der Waals surface area contributed by atoms with E-state index in [9.17, 15) is 9.59 Å². The molecule has 0 bridgehead atoms. The summed E-state index contributed by atoms with van der Waals surface area (Å²) in [6.07, 6.45) is 6.75. The van der Waals surface area contributed by atoms with Gasteiger partial charge in [0.15, 0.2) is 0 Å². The Bertz CT molecular complexity index is 708. The Labute approximate surface area is 149 Å². The van der Waals surface area contributed by atoms with Crippen molar-refractivity contribution < 1.29 is 9.59 Å². The lowest BCUT2D eigenvalue weighted by Gasteiger charge is -2.46. The summed E-state index contributed by atoms with van der Waals surface area (Å²) in [5.41, 5.74) is 0.685. The highest BCUT2D eigenvalue weighted by atomic mass is 16.2. The summed E-state index contributed by atoms with van der Waals surface area (Å²) in [6.45, 7) is 3.39. The van der Waals surface area contributed by atoms with Crippen molar-refractivity contribution >= 4 is 17.5 Å². The minimum atomic E-state index is -0.127. The smallest absolute Gasteiger partial charge is 0.239 e. The minimum Gasteiger partial charge on any atom is -0.293 e. The van der Waals surface area contributed by atoms with E-state index in [1.807, 2.05) is 30.3 Å². The first-order valence-electron chi connectivity index (χ1n) is 9.83. The van der Waals surface area contributed by atoms with Crippen molar-refractivity contribution in [2.75, 3.05) is 11.4 Å². The number of para-hydroxylation sites is 1. The molecule has 25 heavy (non-hydrogen) atoms. The molecule has 3 aliphatic heterocycles. The van der Waals surface area contributed by atoms with Crippen molar-refractivity contribution in [2.45, 2.75) is 57.0 Å². The summed E-state index contributed by atoms with van der Waals surface area (Å²) in [5, 5.41) is 0. The van der Waals surface area contributed by atoms with Crippen molar-refractivity contribution in [3.63, 3.8) is 0 Å². The first kappa shape index (κ1) is 15.6. The second-order valence-corrected chi connectivity index (χ2v) is 8.54. The number of carbonyl (C=O) groups excluding carboxylic acids is 2. The number of fused-ring (bicyclic) bond motifs is 5. The zero-order valence-electron chi connectivity index (χ0n) is 14.9. The van der Waals surface area contributed by atoms with Gasteiger partial charge in [-0.15, -0.1) is 0 Å². The van der Waals surface area contributed by atoms with E-state index in [2.05, 4.69) is 11.8 Å². The SMILES string of the molecule is CC1CCC2(CC1)[C@@H]1C(=O)N(c3ccccc3)C(=O)[C@@H]1[C@@H]1CCCN12. The molecular weight excluding hydrogens is 312 g/mol. The summed E-state index contributed by atoms with van der Waals surface area (Å²) in [5.74, 6) is 0.600. The fourth-order valence-electron chi connectivity index (χ4n) is 6.23. The molecule has 1 spiro atoms. The third kappa shape index (κ3) is 1.97. The number of imide groups is 1. The zero-order valence-corrected chi connectivity index (χ0v) is 14.9. The van der Waals surface area contributed by atoms with Gasteiger partial charge in [0.1, 0.15) is 0 Å². The van der Waals surface area contributed by atoms with Gasteiger partial charge in [-0.2, -0.15) is 0 Å². The van der Waals surface area contributed by atoms with Crippen LogP contribution in [-0.2, 0) is 9.59 Å². The van der Waals surface area contributed by atoms with Crippen LogP contribution in [0.15, 0.2) is 30.3 Å². The van der Waals surface area contributed by atoms with Crippen LogP contribution in [0.2, 0.25) is 0 Å². The van der Waals surface area contributed by atoms with Crippen LogP contribution in [0, 0.1) is 17.8 Å². The highest BCUT2D eigenvalue weighted by molar-refractivity contribution is 6.23. The van der Waals surface area contributed by atoms with E-state index in [0.717, 1.165) is 43.8 Å². The van der Waals surface area contributed by atoms with E-state index >= 15 is 0 Å². The lowest BCUT2D eigenvalue weighted by molar-refractivity contribution is -0.125. The van der Waals surface area contributed by atoms with Gasteiger partial charge in [-0.25, -0.2) is 4.90 Å². The van der Waals surface area contributed by atoms with Gasteiger partial charge in [-0.05, 0) is 63.1 Å². The second kappa shape index (κ2) is 5.41. The van der Waals surface area contributed by atoms with Gasteiger partial charge < -0.3 is 0 Å². The Morgan fingerprint density at radius 2 is 1.72 bits per heavy atom. The van der Waals surface area contributed by atoms with Crippen LogP contribution in [0.3, 0.4) is 0 Å². The molecule has 5 rings (SSSR count). The standard InChI is InChI=1S/C21H26N2O2/c1-14-9-11-21(12-10-14)18-17(16-8-5-13-22(16)21)19(24)23(20(18)25)15-6-3-2-4-7-15/h2-4,6-7,14,16-18H,5,8-13H2,1H3/t14?,16-,17+,18-,21?/m0/s1. The fourth-order valence-corrected chi connectivity index (χ4v) is 6.23. The third-order valence-electron chi connectivity index (χ3n) is 7.37. The Morgan fingerprint density at radius 3 is 2.44 bits per heavy atom. The number of anilines is 1. The van der Waals surface area contributed by atoms with Crippen LogP contribution in [0.5, 0.6) is 0 Å². The lowest BCUT2D eigenvalue weighted by atomic mass is 9.68. The molecule has 4 fully saturated rings. The van der Waals surface area contributed by atoms with E-state index in [1.165, 1.54) is 17.7 Å². The van der Waals surface area contributed by atoms with Gasteiger partial charge in [0, 0.05) is 11.6 Å². The van der Waals surface area contributed by atoms with Gasteiger partial charge in [-0.3, -0.25) is 14.5 Å². The van der Waals surface area contributed by atoms with Crippen LogP contribution >= 0.6 is 0 Å². The van der Waals surface area contributed by atoms with Crippen LogP contribution in [-0.4, -0.2) is 34.8 Å². The first-order valence-corrected chi connectivity index (χ1v) is 9.83. The monoisotopic (exact) mass is 338 g/mol. The highest BCUT2D eigenvalue weighted by Crippen LogP contribution is 2.58. The van der Waals surface area contributed by atoms with Crippen molar-refractivity contribution in [3.05, 3.63) is 30.3 Å². The van der Waals surface area contributed by atoms with Crippen molar-refractivity contribution in [1.82, 2.24) is 4.90 Å². The van der Waals surface area contributed by atoms with Crippen LogP contribution in [0.4, 0.5) is 5.69 Å². The topological polar surface area (TPSA) is 40.6 Å². The Balaban J connectivity index is 1.58. The summed E-state index contributed by atoms with van der Waals surface area (Å²) in [6, 6.07) is 9.80. The summed E-state index contributed by atoms with van der Waals surface area (Å²) < 4.78 is 0. The predicted octanol–water partition coefficient (Wildman–Crippen LogP) is 3.22. The van der Waals surface area contributed by atoms with Crippen molar-refractivity contribution in [3.8, 4) is 0 Å². The Kier molecular flexibility index (Phi) is 3.37. The number of benzene rings is 1. The van der Waals surface area contributed by atoms with Crippen LogP contribution in [0.25, 0.3) is 0 Å². The molecule has 2 amide bonds. The number of hydrogen-bond acceptors (Lipinski definition) is 3. The molecule has 4 aliphatic rings. The number of nitrogens with zero attached hydrogens (tertiary/aromatic N) is 2. The van der Waals surface area contributed by atoms with Crippen molar-refractivity contribution in [2.24, 2.45) is 17.8 Å². The van der Waals surface area contributed by atoms with E-state index in [1.54, 1.807) is 0 Å². The molecule has 132 valence electrons. The largest absolute Gasteiger partial charge is 0.293 e. The number of amides is 2. The van der Waals surface area contributed by atoms with Gasteiger partial charge >= 0.3 is 0 Å². The summed E-state index contributed by atoms with van der Waals surface area (Å²) >= 11 is 0. The summed E-state index contributed by atoms with van der Waals surface area (Å²) in [4.78, 5) is 30.9. The maximum absolute atomic E-state index is 13.5. The second-order valence-electron chi connectivity index (χ2n) is 8.54. The molecule has 1 saturated carbocycles. The first-order chi connectivity index (χ1) is 12.1. The molecule has 0 radical (unpaired) electrons. The maximum Gasteiger partial charge on any atom is 0.239 e. The number of rotatable bonds is 1. The van der Waals surface area contributed by atoms with E-state index in [-0.39, 0.29) is 35.2 Å². The van der Waals surface area contributed by atoms with E-state index < -0.39 is 0 Å². The molecule has 4 nitrogen and oxygen atoms in total.